The minimum atomic E-state index is -3.43. The van der Waals surface area contributed by atoms with E-state index in [0.29, 0.717) is 29.7 Å². The number of nitrogens with one attached hydrogen (secondary N) is 3. The van der Waals surface area contributed by atoms with Crippen LogP contribution in [0.1, 0.15) is 26.2 Å². The molecule has 0 unspecified atom stereocenters. The maximum atomic E-state index is 12.0. The Labute approximate surface area is 159 Å². The molecule has 8 nitrogen and oxygen atoms in total. The molecule has 3 N–H and O–H groups in total. The Morgan fingerprint density at radius 1 is 1.35 bits per heavy atom. The summed E-state index contributed by atoms with van der Waals surface area (Å²) in [5.74, 6) is 0.882. The van der Waals surface area contributed by atoms with Gasteiger partial charge in [0.15, 0.2) is 5.96 Å². The first-order valence-electron chi connectivity index (χ1n) is 8.86. The topological polar surface area (TPSA) is 103 Å². The Morgan fingerprint density at radius 2 is 2.19 bits per heavy atom. The molecule has 2 heterocycles. The fourth-order valence-electron chi connectivity index (χ4n) is 2.59. The molecule has 1 aromatic rings. The van der Waals surface area contributed by atoms with Crippen molar-refractivity contribution >= 4 is 33.2 Å². The van der Waals surface area contributed by atoms with Crippen LogP contribution in [0.15, 0.2) is 26.7 Å². The van der Waals surface area contributed by atoms with Crippen molar-refractivity contribution in [3.05, 3.63) is 17.5 Å². The summed E-state index contributed by atoms with van der Waals surface area (Å²) in [5.41, 5.74) is 0. The van der Waals surface area contributed by atoms with Gasteiger partial charge in [-0.05, 0) is 31.2 Å². The van der Waals surface area contributed by atoms with Gasteiger partial charge in [-0.2, -0.15) is 0 Å². The van der Waals surface area contributed by atoms with Crippen molar-refractivity contribution in [2.75, 3.05) is 39.3 Å². The second-order valence-corrected chi connectivity index (χ2v) is 8.80. The fraction of sp³-hybridized carbons (Fsp3) is 0.625. The zero-order chi connectivity index (χ0) is 18.8. The van der Waals surface area contributed by atoms with E-state index in [2.05, 4.69) is 20.3 Å². The van der Waals surface area contributed by atoms with Crippen LogP contribution < -0.4 is 15.4 Å². The smallest absolute Gasteiger partial charge is 0.250 e. The number of rotatable bonds is 10. The fourth-order valence-corrected chi connectivity index (χ4v) is 4.66. The Bertz CT molecular complexity index is 689. The summed E-state index contributed by atoms with van der Waals surface area (Å²) in [4.78, 5) is 17.9. The lowest BCUT2D eigenvalue weighted by molar-refractivity contribution is -0.127. The first-order valence-corrected chi connectivity index (χ1v) is 11.2. The zero-order valence-electron chi connectivity index (χ0n) is 15.0. The molecule has 1 saturated heterocycles. The predicted octanol–water partition coefficient (Wildman–Crippen LogP) is 0.594. The Morgan fingerprint density at radius 3 is 2.85 bits per heavy atom. The van der Waals surface area contributed by atoms with Gasteiger partial charge in [-0.15, -0.1) is 11.3 Å². The van der Waals surface area contributed by atoms with Crippen LogP contribution in [-0.2, 0) is 14.8 Å². The van der Waals surface area contributed by atoms with Crippen LogP contribution in [0.2, 0.25) is 0 Å². The number of aliphatic imine (C=N–C) groups is 1. The number of guanidine groups is 1. The monoisotopic (exact) mass is 401 g/mol. The summed E-state index contributed by atoms with van der Waals surface area (Å²) in [5, 5.41) is 7.97. The summed E-state index contributed by atoms with van der Waals surface area (Å²) in [6.07, 6.45) is 2.43. The number of thiophene rings is 1. The predicted molar refractivity (Wildman–Crippen MR) is 104 cm³/mol. The Kier molecular flexibility index (Phi) is 8.33. The molecule has 1 aliphatic rings. The number of carbonyl (C=O) groups excluding carboxylic acids is 1. The van der Waals surface area contributed by atoms with Crippen molar-refractivity contribution in [2.24, 2.45) is 4.99 Å². The second-order valence-electron chi connectivity index (χ2n) is 5.86. The lowest BCUT2D eigenvalue weighted by Gasteiger charge is -2.15. The van der Waals surface area contributed by atoms with Gasteiger partial charge in [0.2, 0.25) is 15.9 Å². The van der Waals surface area contributed by atoms with Crippen molar-refractivity contribution in [1.29, 1.82) is 0 Å². The van der Waals surface area contributed by atoms with Crippen molar-refractivity contribution in [3.63, 3.8) is 0 Å². The van der Waals surface area contributed by atoms with E-state index in [4.69, 9.17) is 0 Å². The molecule has 0 aliphatic carbocycles. The van der Waals surface area contributed by atoms with Gasteiger partial charge in [0.1, 0.15) is 4.21 Å². The van der Waals surface area contributed by atoms with Crippen LogP contribution in [0.25, 0.3) is 0 Å². The van der Waals surface area contributed by atoms with E-state index in [1.807, 2.05) is 11.8 Å². The number of carbonyl (C=O) groups is 1. The lowest BCUT2D eigenvalue weighted by atomic mass is 10.4. The van der Waals surface area contributed by atoms with Crippen molar-refractivity contribution in [3.8, 4) is 0 Å². The molecule has 1 aliphatic heterocycles. The van der Waals surface area contributed by atoms with E-state index >= 15 is 0 Å². The number of hydrogen-bond donors (Lipinski definition) is 3. The number of hydrogen-bond acceptors (Lipinski definition) is 5. The van der Waals surface area contributed by atoms with E-state index < -0.39 is 10.0 Å². The van der Waals surface area contributed by atoms with Gasteiger partial charge in [-0.3, -0.25) is 9.79 Å². The Balaban J connectivity index is 1.69. The minimum absolute atomic E-state index is 0.233. The first kappa shape index (κ1) is 20.7. The summed E-state index contributed by atoms with van der Waals surface area (Å²) in [6, 6.07) is 3.29. The second kappa shape index (κ2) is 10.5. The number of amides is 1. The van der Waals surface area contributed by atoms with Gasteiger partial charge in [-0.25, -0.2) is 13.1 Å². The molecule has 26 heavy (non-hydrogen) atoms. The van der Waals surface area contributed by atoms with Crippen LogP contribution >= 0.6 is 11.3 Å². The van der Waals surface area contributed by atoms with Crippen LogP contribution in [-0.4, -0.2) is 64.5 Å². The molecule has 0 spiro atoms. The van der Waals surface area contributed by atoms with Gasteiger partial charge in [0, 0.05) is 45.7 Å². The normalized spacial score (nSPS) is 15.5. The minimum Gasteiger partial charge on any atom is -0.357 e. The quantitative estimate of drug-likeness (QED) is 0.303. The molecular formula is C16H27N5O3S2. The molecule has 1 amide bonds. The summed E-state index contributed by atoms with van der Waals surface area (Å²) >= 11 is 1.19. The van der Waals surface area contributed by atoms with E-state index in [1.165, 1.54) is 11.3 Å². The van der Waals surface area contributed by atoms with Gasteiger partial charge in [0.05, 0.1) is 0 Å². The summed E-state index contributed by atoms with van der Waals surface area (Å²) in [7, 11) is -3.43. The van der Waals surface area contributed by atoms with Crippen molar-refractivity contribution in [1.82, 2.24) is 20.3 Å². The number of nitrogens with zero attached hydrogens (tertiary/aromatic N) is 2. The van der Waals surface area contributed by atoms with Crippen molar-refractivity contribution < 1.29 is 13.2 Å². The molecule has 1 fully saturated rings. The molecular weight excluding hydrogens is 374 g/mol. The first-order chi connectivity index (χ1) is 12.5. The highest BCUT2D eigenvalue weighted by atomic mass is 32.2. The maximum Gasteiger partial charge on any atom is 0.250 e. The van der Waals surface area contributed by atoms with Crippen molar-refractivity contribution in [2.45, 2.75) is 30.4 Å². The van der Waals surface area contributed by atoms with E-state index in [9.17, 15) is 13.2 Å². The largest absolute Gasteiger partial charge is 0.357 e. The Hall–Kier alpha value is -1.65. The number of sulfonamides is 1. The average molecular weight is 402 g/mol. The molecule has 0 atom stereocenters. The van der Waals surface area contributed by atoms with Crippen LogP contribution in [0, 0.1) is 0 Å². The highest BCUT2D eigenvalue weighted by Crippen LogP contribution is 2.14. The third-order valence-electron chi connectivity index (χ3n) is 3.84. The van der Waals surface area contributed by atoms with Crippen LogP contribution in [0.4, 0.5) is 0 Å². The van der Waals surface area contributed by atoms with Gasteiger partial charge >= 0.3 is 0 Å². The summed E-state index contributed by atoms with van der Waals surface area (Å²) < 4.78 is 26.9. The number of likely N-dealkylation sites (tertiary alicyclic amines) is 1. The standard InChI is InChI=1S/C16H27N5O3S2/c1-2-17-16(18-8-5-12-21-11-3-6-14(21)22)19-9-10-20-26(23,24)15-7-4-13-25-15/h4,7,13,20H,2-3,5-6,8-12H2,1H3,(H2,17,18,19). The van der Waals surface area contributed by atoms with Gasteiger partial charge in [-0.1, -0.05) is 6.07 Å². The molecule has 2 rings (SSSR count). The van der Waals surface area contributed by atoms with E-state index in [-0.39, 0.29) is 12.5 Å². The molecule has 0 bridgehead atoms. The van der Waals surface area contributed by atoms with E-state index in [0.717, 1.165) is 32.5 Å². The highest BCUT2D eigenvalue weighted by Gasteiger charge is 2.18. The molecule has 0 radical (unpaired) electrons. The van der Waals surface area contributed by atoms with Gasteiger partial charge < -0.3 is 15.5 Å². The molecule has 0 aromatic carbocycles. The average Bonchev–Trinajstić information content (AvgIpc) is 3.28. The zero-order valence-corrected chi connectivity index (χ0v) is 16.7. The van der Waals surface area contributed by atoms with Crippen LogP contribution in [0.5, 0.6) is 0 Å². The maximum absolute atomic E-state index is 12.0. The summed E-state index contributed by atoms with van der Waals surface area (Å²) in [6.45, 7) is 5.60. The molecule has 10 heteroatoms. The van der Waals surface area contributed by atoms with Gasteiger partial charge in [0.25, 0.3) is 0 Å². The molecule has 0 saturated carbocycles. The highest BCUT2D eigenvalue weighted by molar-refractivity contribution is 7.91. The third kappa shape index (κ3) is 6.58. The third-order valence-corrected chi connectivity index (χ3v) is 6.70. The lowest BCUT2D eigenvalue weighted by Crippen LogP contribution is -2.41. The molecule has 146 valence electrons. The van der Waals surface area contributed by atoms with E-state index in [1.54, 1.807) is 17.5 Å². The van der Waals surface area contributed by atoms with Crippen LogP contribution in [0.3, 0.4) is 0 Å². The molecule has 1 aromatic heterocycles. The SMILES string of the molecule is CCNC(=NCCCN1CCCC1=O)NCCNS(=O)(=O)c1cccs1.